The SMILES string of the molecule is CCOc1ccc(S(=O)(=O)N[C@@H](C)C(=O)N2CCCC2)cc1Cl. The summed E-state index contributed by atoms with van der Waals surface area (Å²) in [5.74, 6) is 0.220. The van der Waals surface area contributed by atoms with Crippen LogP contribution in [-0.4, -0.2) is 45.0 Å². The van der Waals surface area contributed by atoms with Gasteiger partial charge >= 0.3 is 0 Å². The molecule has 1 aliphatic rings. The third-order valence-electron chi connectivity index (χ3n) is 3.63. The zero-order chi connectivity index (χ0) is 17.0. The summed E-state index contributed by atoms with van der Waals surface area (Å²) < 4.78 is 32.5. The van der Waals surface area contributed by atoms with E-state index < -0.39 is 16.1 Å². The molecule has 0 spiro atoms. The number of nitrogens with one attached hydrogen (secondary N) is 1. The van der Waals surface area contributed by atoms with Crippen LogP contribution < -0.4 is 9.46 Å². The summed E-state index contributed by atoms with van der Waals surface area (Å²) >= 11 is 6.02. The number of nitrogens with zero attached hydrogens (tertiary/aromatic N) is 1. The lowest BCUT2D eigenvalue weighted by atomic mass is 10.3. The van der Waals surface area contributed by atoms with E-state index >= 15 is 0 Å². The number of ether oxygens (including phenoxy) is 1. The number of rotatable bonds is 6. The van der Waals surface area contributed by atoms with E-state index in [1.807, 2.05) is 6.92 Å². The van der Waals surface area contributed by atoms with Gasteiger partial charge in [-0.2, -0.15) is 4.72 Å². The zero-order valence-electron chi connectivity index (χ0n) is 13.2. The number of benzene rings is 1. The Morgan fingerprint density at radius 1 is 1.39 bits per heavy atom. The highest BCUT2D eigenvalue weighted by molar-refractivity contribution is 7.89. The van der Waals surface area contributed by atoms with Gasteiger partial charge in [0.25, 0.3) is 0 Å². The molecule has 1 aromatic rings. The lowest BCUT2D eigenvalue weighted by Crippen LogP contribution is -2.45. The maximum atomic E-state index is 12.4. The van der Waals surface area contributed by atoms with Gasteiger partial charge in [0.05, 0.1) is 22.6 Å². The minimum atomic E-state index is -3.83. The number of carbonyl (C=O) groups excluding carboxylic acids is 1. The van der Waals surface area contributed by atoms with Crippen molar-refractivity contribution in [2.45, 2.75) is 37.6 Å². The van der Waals surface area contributed by atoms with Crippen LogP contribution in [0.25, 0.3) is 0 Å². The predicted molar refractivity (Wildman–Crippen MR) is 88.2 cm³/mol. The van der Waals surface area contributed by atoms with Crippen LogP contribution in [0.5, 0.6) is 5.75 Å². The van der Waals surface area contributed by atoms with Gasteiger partial charge in [-0.1, -0.05) is 11.6 Å². The second kappa shape index (κ2) is 7.51. The molecule has 1 N–H and O–H groups in total. The van der Waals surface area contributed by atoms with Crippen LogP contribution in [0, 0.1) is 0 Å². The topological polar surface area (TPSA) is 75.7 Å². The highest BCUT2D eigenvalue weighted by atomic mass is 35.5. The Balaban J connectivity index is 2.11. The summed E-state index contributed by atoms with van der Waals surface area (Å²) in [5.41, 5.74) is 0. The highest BCUT2D eigenvalue weighted by Crippen LogP contribution is 2.27. The van der Waals surface area contributed by atoms with E-state index in [1.54, 1.807) is 11.8 Å². The molecule has 0 unspecified atom stereocenters. The summed E-state index contributed by atoms with van der Waals surface area (Å²) in [6, 6.07) is 3.42. The van der Waals surface area contributed by atoms with Crippen LogP contribution in [0.2, 0.25) is 5.02 Å². The van der Waals surface area contributed by atoms with E-state index in [0.717, 1.165) is 12.8 Å². The van der Waals surface area contributed by atoms with E-state index in [4.69, 9.17) is 16.3 Å². The molecule has 1 heterocycles. The van der Waals surface area contributed by atoms with Gasteiger partial charge in [-0.15, -0.1) is 0 Å². The molecule has 1 amide bonds. The third-order valence-corrected chi connectivity index (χ3v) is 5.47. The Hall–Kier alpha value is -1.31. The van der Waals surface area contributed by atoms with Crippen molar-refractivity contribution in [2.75, 3.05) is 19.7 Å². The molecule has 0 bridgehead atoms. The second-order valence-corrected chi connectivity index (χ2v) is 7.52. The Morgan fingerprint density at radius 2 is 2.04 bits per heavy atom. The molecule has 6 nitrogen and oxygen atoms in total. The molecule has 1 aliphatic heterocycles. The summed E-state index contributed by atoms with van der Waals surface area (Å²) in [5, 5.41) is 0.216. The van der Waals surface area contributed by atoms with Crippen molar-refractivity contribution in [3.63, 3.8) is 0 Å². The molecule has 2 rings (SSSR count). The standard InChI is InChI=1S/C15H21ClN2O4S/c1-3-22-14-7-6-12(10-13(14)16)23(20,21)17-11(2)15(19)18-8-4-5-9-18/h6-7,10-11,17H,3-5,8-9H2,1-2H3/t11-/m0/s1. The van der Waals surface area contributed by atoms with E-state index in [0.29, 0.717) is 25.4 Å². The molecule has 0 aliphatic carbocycles. The molecule has 8 heteroatoms. The maximum absolute atomic E-state index is 12.4. The second-order valence-electron chi connectivity index (χ2n) is 5.40. The third kappa shape index (κ3) is 4.37. The monoisotopic (exact) mass is 360 g/mol. The molecule has 1 fully saturated rings. The minimum absolute atomic E-state index is 0.00650. The summed E-state index contributed by atoms with van der Waals surface area (Å²) in [6.07, 6.45) is 1.92. The fourth-order valence-corrected chi connectivity index (χ4v) is 4.01. The van der Waals surface area contributed by atoms with Crippen LogP contribution >= 0.6 is 11.6 Å². The van der Waals surface area contributed by atoms with Crippen molar-refractivity contribution in [1.82, 2.24) is 9.62 Å². The van der Waals surface area contributed by atoms with Gasteiger partial charge in [0.2, 0.25) is 15.9 Å². The van der Waals surface area contributed by atoms with E-state index in [9.17, 15) is 13.2 Å². The van der Waals surface area contributed by atoms with Gasteiger partial charge in [0.1, 0.15) is 5.75 Å². The minimum Gasteiger partial charge on any atom is -0.492 e. The average molecular weight is 361 g/mol. The van der Waals surface area contributed by atoms with Gasteiger partial charge in [-0.25, -0.2) is 8.42 Å². The number of hydrogen-bond acceptors (Lipinski definition) is 4. The van der Waals surface area contributed by atoms with Crippen molar-refractivity contribution < 1.29 is 17.9 Å². The first kappa shape index (κ1) is 18.0. The van der Waals surface area contributed by atoms with Crippen molar-refractivity contribution in [3.8, 4) is 5.75 Å². The lowest BCUT2D eigenvalue weighted by molar-refractivity contribution is -0.131. The van der Waals surface area contributed by atoms with Crippen molar-refractivity contribution >= 4 is 27.5 Å². The van der Waals surface area contributed by atoms with E-state index in [1.165, 1.54) is 18.2 Å². The first-order chi connectivity index (χ1) is 10.8. The van der Waals surface area contributed by atoms with Crippen LogP contribution in [0.15, 0.2) is 23.1 Å². The summed E-state index contributed by atoms with van der Waals surface area (Å²) in [6.45, 7) is 5.16. The van der Waals surface area contributed by atoms with E-state index in [-0.39, 0.29) is 15.8 Å². The molecule has 1 aromatic carbocycles. The van der Waals surface area contributed by atoms with Crippen molar-refractivity contribution in [1.29, 1.82) is 0 Å². The number of likely N-dealkylation sites (tertiary alicyclic amines) is 1. The van der Waals surface area contributed by atoms with Crippen molar-refractivity contribution in [3.05, 3.63) is 23.2 Å². The normalized spacial score (nSPS) is 16.4. The average Bonchev–Trinajstić information content (AvgIpc) is 3.02. The molecule has 1 saturated heterocycles. The highest BCUT2D eigenvalue weighted by Gasteiger charge is 2.27. The molecular formula is C15H21ClN2O4S. The Bertz CT molecular complexity index is 672. The van der Waals surface area contributed by atoms with E-state index in [2.05, 4.69) is 4.72 Å². The molecule has 0 radical (unpaired) electrons. The molecule has 0 saturated carbocycles. The smallest absolute Gasteiger partial charge is 0.241 e. The van der Waals surface area contributed by atoms with Crippen LogP contribution in [0.1, 0.15) is 26.7 Å². The fraction of sp³-hybridized carbons (Fsp3) is 0.533. The molecule has 128 valence electrons. The predicted octanol–water partition coefficient (Wildman–Crippen LogP) is 2.03. The number of carbonyl (C=O) groups is 1. The number of sulfonamides is 1. The fourth-order valence-electron chi connectivity index (χ4n) is 2.48. The van der Waals surface area contributed by atoms with Gasteiger partial charge in [-0.05, 0) is 44.9 Å². The molecular weight excluding hydrogens is 340 g/mol. The molecule has 0 aromatic heterocycles. The number of amides is 1. The quantitative estimate of drug-likeness (QED) is 0.842. The zero-order valence-corrected chi connectivity index (χ0v) is 14.8. The molecule has 1 atom stereocenters. The van der Waals surface area contributed by atoms with Gasteiger partial charge in [-0.3, -0.25) is 4.79 Å². The summed E-state index contributed by atoms with van der Waals surface area (Å²) in [4.78, 5) is 13.9. The number of hydrogen-bond donors (Lipinski definition) is 1. The van der Waals surface area contributed by atoms with Gasteiger partial charge in [0, 0.05) is 13.1 Å². The number of halogens is 1. The first-order valence-corrected chi connectivity index (χ1v) is 9.44. The van der Waals surface area contributed by atoms with Gasteiger partial charge < -0.3 is 9.64 Å². The van der Waals surface area contributed by atoms with Gasteiger partial charge in [0.15, 0.2) is 0 Å². The Morgan fingerprint density at radius 3 is 2.61 bits per heavy atom. The largest absolute Gasteiger partial charge is 0.492 e. The van der Waals surface area contributed by atoms with Crippen LogP contribution in [0.4, 0.5) is 0 Å². The Labute approximate surface area is 141 Å². The maximum Gasteiger partial charge on any atom is 0.241 e. The van der Waals surface area contributed by atoms with Crippen molar-refractivity contribution in [2.24, 2.45) is 0 Å². The summed E-state index contributed by atoms with van der Waals surface area (Å²) in [7, 11) is -3.83. The van der Waals surface area contributed by atoms with Crippen LogP contribution in [0.3, 0.4) is 0 Å². The molecule has 23 heavy (non-hydrogen) atoms. The van der Waals surface area contributed by atoms with Crippen LogP contribution in [-0.2, 0) is 14.8 Å². The first-order valence-electron chi connectivity index (χ1n) is 7.58. The lowest BCUT2D eigenvalue weighted by Gasteiger charge is -2.21. The Kier molecular flexibility index (Phi) is 5.89.